The zero-order valence-electron chi connectivity index (χ0n) is 19.7. The second-order valence-corrected chi connectivity index (χ2v) is 7.56. The molecule has 1 aromatic carbocycles. The lowest BCUT2D eigenvalue weighted by Crippen LogP contribution is -2.48. The van der Waals surface area contributed by atoms with Crippen LogP contribution in [0.15, 0.2) is 78.3 Å². The number of carbonyl (C=O) groups is 2. The maximum Gasteiger partial charge on any atom is 0.323 e. The lowest BCUT2D eigenvalue weighted by Gasteiger charge is -2.36. The fourth-order valence-corrected chi connectivity index (χ4v) is 3.40. The first-order valence-corrected chi connectivity index (χ1v) is 10.8. The fourth-order valence-electron chi connectivity index (χ4n) is 3.40. The van der Waals surface area contributed by atoms with Crippen molar-refractivity contribution in [1.29, 1.82) is 0 Å². The lowest BCUT2D eigenvalue weighted by atomic mass is 10.0. The van der Waals surface area contributed by atoms with Gasteiger partial charge in [0.1, 0.15) is 17.5 Å². The van der Waals surface area contributed by atoms with E-state index in [4.69, 9.17) is 0 Å². The predicted molar refractivity (Wildman–Crippen MR) is 130 cm³/mol. The molecular weight excluding hydrogens is 450 g/mol. The number of likely N-dealkylation sites (tertiary alicyclic amines) is 1. The summed E-state index contributed by atoms with van der Waals surface area (Å²) in [7, 11) is 1.71. The van der Waals surface area contributed by atoms with Crippen LogP contribution in [0.4, 0.5) is 19.4 Å². The highest BCUT2D eigenvalue weighted by Gasteiger charge is 2.26. The SMILES string of the molecule is C=C=C=C=C=C=C.CC(=O)N1CCC(N(C)C(=O)Nc2ccc(-c3cc(F)ccc3F)cn2)CC1. The van der Waals surface area contributed by atoms with Crippen LogP contribution in [0.3, 0.4) is 0 Å². The van der Waals surface area contributed by atoms with Gasteiger partial charge in [0, 0.05) is 50.4 Å². The Kier molecular flexibility index (Phi) is 10.2. The summed E-state index contributed by atoms with van der Waals surface area (Å²) in [4.78, 5) is 31.4. The highest BCUT2D eigenvalue weighted by atomic mass is 19.1. The molecule has 3 amide bonds. The second-order valence-electron chi connectivity index (χ2n) is 7.56. The van der Waals surface area contributed by atoms with Crippen molar-refractivity contribution in [3.05, 3.63) is 90.0 Å². The summed E-state index contributed by atoms with van der Waals surface area (Å²) in [5.74, 6) is -0.717. The number of benzene rings is 1. The first kappa shape index (κ1) is 26.9. The fraction of sp³-hybridized carbons (Fsp3) is 0.259. The third-order valence-electron chi connectivity index (χ3n) is 5.32. The van der Waals surface area contributed by atoms with E-state index in [0.29, 0.717) is 37.3 Å². The number of rotatable bonds is 3. The zero-order chi connectivity index (χ0) is 25.8. The Balaban J connectivity index is 0.000000540. The number of urea groups is 1. The number of anilines is 1. The molecule has 3 rings (SSSR count). The molecule has 0 spiro atoms. The molecule has 180 valence electrons. The van der Waals surface area contributed by atoms with Crippen molar-refractivity contribution in [2.24, 2.45) is 0 Å². The molecule has 1 aliphatic rings. The zero-order valence-corrected chi connectivity index (χ0v) is 19.7. The van der Waals surface area contributed by atoms with Gasteiger partial charge in [-0.15, -0.1) is 0 Å². The number of amides is 3. The Labute approximate surface area is 203 Å². The van der Waals surface area contributed by atoms with Gasteiger partial charge in [-0.1, -0.05) is 11.5 Å². The summed E-state index contributed by atoms with van der Waals surface area (Å²) in [5.41, 5.74) is 12.5. The molecule has 0 bridgehead atoms. The van der Waals surface area contributed by atoms with Crippen molar-refractivity contribution in [1.82, 2.24) is 14.8 Å². The average Bonchev–Trinajstić information content (AvgIpc) is 2.86. The number of piperidine rings is 1. The summed E-state index contributed by atoms with van der Waals surface area (Å²) in [5, 5.41) is 2.71. The van der Waals surface area contributed by atoms with E-state index in [1.807, 2.05) is 0 Å². The van der Waals surface area contributed by atoms with Crippen LogP contribution in [-0.2, 0) is 4.79 Å². The average molecular weight is 477 g/mol. The number of nitrogens with zero attached hydrogens (tertiary/aromatic N) is 3. The Morgan fingerprint density at radius 2 is 1.74 bits per heavy atom. The molecule has 6 nitrogen and oxygen atoms in total. The molecule has 2 aromatic rings. The number of nitrogens with one attached hydrogen (secondary N) is 1. The van der Waals surface area contributed by atoms with Crippen molar-refractivity contribution < 1.29 is 18.4 Å². The number of aromatic nitrogens is 1. The Hall–Kier alpha value is -4.39. The molecule has 1 aromatic heterocycles. The van der Waals surface area contributed by atoms with E-state index in [-0.39, 0.29) is 23.5 Å². The molecular formula is C27H26F2N4O2. The molecule has 0 saturated carbocycles. The lowest BCUT2D eigenvalue weighted by molar-refractivity contribution is -0.130. The van der Waals surface area contributed by atoms with Crippen molar-refractivity contribution in [2.45, 2.75) is 25.8 Å². The molecule has 8 heteroatoms. The first-order valence-electron chi connectivity index (χ1n) is 10.8. The minimum Gasteiger partial charge on any atom is -0.343 e. The molecule has 1 saturated heterocycles. The minimum absolute atomic E-state index is 0.0382. The van der Waals surface area contributed by atoms with Crippen LogP contribution in [0.5, 0.6) is 0 Å². The molecule has 1 N–H and O–H groups in total. The van der Waals surface area contributed by atoms with Gasteiger partial charge in [0.25, 0.3) is 0 Å². The van der Waals surface area contributed by atoms with Gasteiger partial charge in [-0.2, -0.15) is 0 Å². The van der Waals surface area contributed by atoms with Crippen LogP contribution in [0, 0.1) is 11.6 Å². The summed E-state index contributed by atoms with van der Waals surface area (Å²) in [6.07, 6.45) is 2.82. The van der Waals surface area contributed by atoms with Gasteiger partial charge < -0.3 is 9.80 Å². The molecule has 2 heterocycles. The van der Waals surface area contributed by atoms with Crippen LogP contribution in [0.2, 0.25) is 0 Å². The molecule has 1 fully saturated rings. The molecule has 0 atom stereocenters. The number of carbonyl (C=O) groups excluding carboxylic acids is 2. The predicted octanol–water partition coefficient (Wildman–Crippen LogP) is 5.08. The Morgan fingerprint density at radius 1 is 1.09 bits per heavy atom. The third-order valence-corrected chi connectivity index (χ3v) is 5.32. The van der Waals surface area contributed by atoms with Gasteiger partial charge >= 0.3 is 6.03 Å². The van der Waals surface area contributed by atoms with Crippen molar-refractivity contribution in [2.75, 3.05) is 25.5 Å². The van der Waals surface area contributed by atoms with Crippen LogP contribution >= 0.6 is 0 Å². The monoisotopic (exact) mass is 476 g/mol. The maximum atomic E-state index is 13.9. The highest BCUT2D eigenvalue weighted by molar-refractivity contribution is 5.88. The number of hydrogen-bond acceptors (Lipinski definition) is 3. The minimum atomic E-state index is -0.545. The highest BCUT2D eigenvalue weighted by Crippen LogP contribution is 2.24. The summed E-state index contributed by atoms with van der Waals surface area (Å²) in [6.45, 7) is 9.29. The van der Waals surface area contributed by atoms with E-state index in [1.165, 1.54) is 6.20 Å². The van der Waals surface area contributed by atoms with E-state index in [9.17, 15) is 18.4 Å². The van der Waals surface area contributed by atoms with Crippen molar-refractivity contribution in [3.63, 3.8) is 0 Å². The third kappa shape index (κ3) is 8.16. The van der Waals surface area contributed by atoms with E-state index in [0.717, 1.165) is 18.2 Å². The van der Waals surface area contributed by atoms with Gasteiger partial charge in [-0.3, -0.25) is 10.1 Å². The molecule has 1 aliphatic heterocycles. The smallest absolute Gasteiger partial charge is 0.323 e. The van der Waals surface area contributed by atoms with Crippen LogP contribution < -0.4 is 5.32 Å². The molecule has 0 unspecified atom stereocenters. The largest absolute Gasteiger partial charge is 0.343 e. The van der Waals surface area contributed by atoms with E-state index < -0.39 is 11.6 Å². The van der Waals surface area contributed by atoms with Crippen LogP contribution in [0.1, 0.15) is 19.8 Å². The maximum absolute atomic E-state index is 13.9. The van der Waals surface area contributed by atoms with Gasteiger partial charge in [0.05, 0.1) is 0 Å². The van der Waals surface area contributed by atoms with Crippen molar-refractivity contribution >= 4 is 17.8 Å². The number of hydrogen-bond donors (Lipinski definition) is 1. The van der Waals surface area contributed by atoms with Crippen molar-refractivity contribution in [3.8, 4) is 11.1 Å². The summed E-state index contributed by atoms with van der Waals surface area (Å²) in [6, 6.07) is 6.07. The van der Waals surface area contributed by atoms with Gasteiger partial charge in [0.15, 0.2) is 0 Å². The summed E-state index contributed by atoms with van der Waals surface area (Å²) >= 11 is 0. The van der Waals surface area contributed by atoms with E-state index >= 15 is 0 Å². The van der Waals surface area contributed by atoms with Gasteiger partial charge in [0.2, 0.25) is 5.91 Å². The van der Waals surface area contributed by atoms with Gasteiger partial charge in [-0.05, 0) is 73.5 Å². The van der Waals surface area contributed by atoms with Crippen LogP contribution in [0.25, 0.3) is 11.1 Å². The van der Waals surface area contributed by atoms with Gasteiger partial charge in [-0.25, -0.2) is 18.6 Å². The number of pyridine rings is 1. The molecule has 35 heavy (non-hydrogen) atoms. The van der Waals surface area contributed by atoms with Crippen LogP contribution in [-0.4, -0.2) is 52.9 Å². The second kappa shape index (κ2) is 13.3. The first-order chi connectivity index (χ1) is 16.8. The van der Waals surface area contributed by atoms with E-state index in [1.54, 1.807) is 35.9 Å². The molecule has 0 aliphatic carbocycles. The van der Waals surface area contributed by atoms with E-state index in [2.05, 4.69) is 52.1 Å². The Bertz CT molecular complexity index is 1210. The summed E-state index contributed by atoms with van der Waals surface area (Å²) < 4.78 is 27.2. The Morgan fingerprint density at radius 3 is 2.29 bits per heavy atom. The normalized spacial score (nSPS) is 12.4. The molecule has 0 radical (unpaired) electrons. The topological polar surface area (TPSA) is 65.5 Å². The standard InChI is InChI=1S/C20H22F2N4O2.C7H4/c1-13(27)26-9-7-16(8-10-26)25(2)20(28)24-19-6-3-14(12-23-19)17-11-15(21)4-5-18(17)22;1-3-5-7-6-4-2/h3-6,11-12,16H,7-10H2,1-2H3,(H,23,24,28);1-2H2. The quantitative estimate of drug-likeness (QED) is 0.629. The number of halogens is 2.